The molecular formula is C20H20N2O2. The Bertz CT molecular complexity index is 828. The average Bonchev–Trinajstić information content (AvgIpc) is 3.26. The molecule has 0 aliphatic heterocycles. The van der Waals surface area contributed by atoms with E-state index < -0.39 is 5.54 Å². The van der Waals surface area contributed by atoms with Gasteiger partial charge in [-0.25, -0.2) is 0 Å². The number of rotatable bonds is 5. The molecule has 0 fully saturated rings. The van der Waals surface area contributed by atoms with Crippen molar-refractivity contribution >= 4 is 0 Å². The van der Waals surface area contributed by atoms with Crippen LogP contribution in [0.5, 0.6) is 0 Å². The van der Waals surface area contributed by atoms with Gasteiger partial charge in [0.25, 0.3) is 0 Å². The van der Waals surface area contributed by atoms with Crippen LogP contribution in [0.3, 0.4) is 0 Å². The van der Waals surface area contributed by atoms with Crippen LogP contribution in [0.1, 0.15) is 23.3 Å². The van der Waals surface area contributed by atoms with Crippen molar-refractivity contribution < 1.29 is 9.63 Å². The quantitative estimate of drug-likeness (QED) is 0.757. The summed E-state index contributed by atoms with van der Waals surface area (Å²) in [6.45, 7) is 0.610. The van der Waals surface area contributed by atoms with Crippen LogP contribution >= 0.6 is 0 Å². The van der Waals surface area contributed by atoms with Crippen LogP contribution in [0.2, 0.25) is 0 Å². The number of hydrogen-bond donors (Lipinski definition) is 2. The van der Waals surface area contributed by atoms with Crippen LogP contribution in [-0.4, -0.2) is 16.9 Å². The van der Waals surface area contributed by atoms with E-state index in [2.05, 4.69) is 28.7 Å². The lowest BCUT2D eigenvalue weighted by Gasteiger charge is -2.29. The summed E-state index contributed by atoms with van der Waals surface area (Å²) in [6.07, 6.45) is 1.87. The normalized spacial score (nSPS) is 19.4. The van der Waals surface area contributed by atoms with Gasteiger partial charge in [-0.15, -0.1) is 0 Å². The highest BCUT2D eigenvalue weighted by molar-refractivity contribution is 5.58. The maximum Gasteiger partial charge on any atom is 0.151 e. The second-order valence-corrected chi connectivity index (χ2v) is 6.30. The van der Waals surface area contributed by atoms with E-state index in [0.717, 1.165) is 29.9 Å². The number of aliphatic hydroxyl groups is 1. The predicted octanol–water partition coefficient (Wildman–Crippen LogP) is 3.27. The highest BCUT2D eigenvalue weighted by Crippen LogP contribution is 2.36. The first-order chi connectivity index (χ1) is 11.8. The van der Waals surface area contributed by atoms with E-state index in [0.29, 0.717) is 6.54 Å². The summed E-state index contributed by atoms with van der Waals surface area (Å²) in [5.74, 6) is 0.769. The minimum Gasteiger partial charge on any atom is -0.394 e. The predicted molar refractivity (Wildman–Crippen MR) is 92.3 cm³/mol. The van der Waals surface area contributed by atoms with Gasteiger partial charge in [0.2, 0.25) is 0 Å². The summed E-state index contributed by atoms with van der Waals surface area (Å²) < 4.78 is 5.46. The lowest BCUT2D eigenvalue weighted by Crippen LogP contribution is -2.43. The highest BCUT2D eigenvalue weighted by Gasteiger charge is 2.37. The number of benzene rings is 2. The van der Waals surface area contributed by atoms with Crippen LogP contribution in [0.25, 0.3) is 11.3 Å². The molecule has 1 aliphatic carbocycles. The fourth-order valence-corrected chi connectivity index (χ4v) is 3.49. The highest BCUT2D eigenvalue weighted by atomic mass is 16.5. The molecule has 0 radical (unpaired) electrons. The maximum absolute atomic E-state index is 10.0. The van der Waals surface area contributed by atoms with Crippen molar-refractivity contribution in [2.75, 3.05) is 6.61 Å². The van der Waals surface area contributed by atoms with Crippen molar-refractivity contribution in [3.63, 3.8) is 0 Å². The van der Waals surface area contributed by atoms with E-state index in [1.165, 1.54) is 11.1 Å². The van der Waals surface area contributed by atoms with Gasteiger partial charge in [-0.1, -0.05) is 59.8 Å². The van der Waals surface area contributed by atoms with Crippen LogP contribution in [0, 0.1) is 0 Å². The van der Waals surface area contributed by atoms with E-state index in [-0.39, 0.29) is 6.61 Å². The van der Waals surface area contributed by atoms with Crippen molar-refractivity contribution in [1.29, 1.82) is 0 Å². The summed E-state index contributed by atoms with van der Waals surface area (Å²) in [5.41, 5.74) is 3.97. The summed E-state index contributed by atoms with van der Waals surface area (Å²) in [6, 6.07) is 20.2. The van der Waals surface area contributed by atoms with Gasteiger partial charge >= 0.3 is 0 Å². The Kier molecular flexibility index (Phi) is 3.92. The largest absolute Gasteiger partial charge is 0.394 e. The van der Waals surface area contributed by atoms with E-state index in [1.54, 1.807) is 0 Å². The van der Waals surface area contributed by atoms with E-state index in [9.17, 15) is 5.11 Å². The minimum absolute atomic E-state index is 0.0731. The number of aromatic nitrogens is 1. The molecule has 0 spiro atoms. The second kappa shape index (κ2) is 6.23. The Hall–Kier alpha value is -2.43. The summed E-state index contributed by atoms with van der Waals surface area (Å²) in [4.78, 5) is 0. The number of aliphatic hydroxyl groups excluding tert-OH is 1. The van der Waals surface area contributed by atoms with Gasteiger partial charge in [0.05, 0.1) is 18.7 Å². The van der Waals surface area contributed by atoms with Crippen molar-refractivity contribution in [3.8, 4) is 11.3 Å². The fourth-order valence-electron chi connectivity index (χ4n) is 3.49. The SMILES string of the molecule is OCC1(NCc2cc(-c3ccccc3)no2)CCc2ccccc21. The van der Waals surface area contributed by atoms with Gasteiger partial charge in [0, 0.05) is 11.6 Å². The lowest BCUT2D eigenvalue weighted by atomic mass is 9.92. The topological polar surface area (TPSA) is 58.3 Å². The first kappa shape index (κ1) is 15.1. The third-order valence-corrected chi connectivity index (χ3v) is 4.85. The average molecular weight is 320 g/mol. The molecule has 0 amide bonds. The molecule has 1 aliphatic rings. The number of nitrogens with zero attached hydrogens (tertiary/aromatic N) is 1. The monoisotopic (exact) mass is 320 g/mol. The number of hydrogen-bond acceptors (Lipinski definition) is 4. The smallest absolute Gasteiger partial charge is 0.151 e. The molecule has 4 heteroatoms. The van der Waals surface area contributed by atoms with E-state index >= 15 is 0 Å². The van der Waals surface area contributed by atoms with Crippen molar-refractivity contribution in [2.45, 2.75) is 24.9 Å². The standard InChI is InChI=1S/C20H20N2O2/c23-14-20(11-10-15-6-4-5-9-18(15)20)21-13-17-12-19(22-24-17)16-7-2-1-3-8-16/h1-9,12,21,23H,10-11,13-14H2. The minimum atomic E-state index is -0.393. The Morgan fingerprint density at radius 1 is 1.08 bits per heavy atom. The van der Waals surface area contributed by atoms with E-state index in [4.69, 9.17) is 4.52 Å². The Balaban J connectivity index is 1.52. The number of nitrogens with one attached hydrogen (secondary N) is 1. The van der Waals surface area contributed by atoms with E-state index in [1.807, 2.05) is 42.5 Å². The summed E-state index contributed by atoms with van der Waals surface area (Å²) in [5, 5.41) is 17.7. The van der Waals surface area contributed by atoms with Crippen molar-refractivity contribution in [3.05, 3.63) is 77.6 Å². The van der Waals surface area contributed by atoms with Crippen LogP contribution in [0.4, 0.5) is 0 Å². The molecule has 3 aromatic rings. The molecule has 24 heavy (non-hydrogen) atoms. The van der Waals surface area contributed by atoms with Gasteiger partial charge in [-0.3, -0.25) is 5.32 Å². The molecule has 1 aromatic heterocycles. The molecule has 1 atom stereocenters. The number of fused-ring (bicyclic) bond motifs is 1. The molecule has 122 valence electrons. The molecule has 0 bridgehead atoms. The van der Waals surface area contributed by atoms with Crippen molar-refractivity contribution in [2.24, 2.45) is 0 Å². The molecule has 0 saturated heterocycles. The zero-order valence-electron chi connectivity index (χ0n) is 13.4. The van der Waals surface area contributed by atoms with Crippen LogP contribution in [-0.2, 0) is 18.5 Å². The number of aryl methyl sites for hydroxylation is 1. The third-order valence-electron chi connectivity index (χ3n) is 4.85. The second-order valence-electron chi connectivity index (χ2n) is 6.30. The van der Waals surface area contributed by atoms with Crippen LogP contribution < -0.4 is 5.32 Å². The molecule has 0 saturated carbocycles. The Morgan fingerprint density at radius 2 is 1.88 bits per heavy atom. The summed E-state index contributed by atoms with van der Waals surface area (Å²) >= 11 is 0. The fraction of sp³-hybridized carbons (Fsp3) is 0.250. The molecular weight excluding hydrogens is 300 g/mol. The summed E-state index contributed by atoms with van der Waals surface area (Å²) in [7, 11) is 0. The Morgan fingerprint density at radius 3 is 2.71 bits per heavy atom. The Labute approximate surface area is 141 Å². The zero-order valence-corrected chi connectivity index (χ0v) is 13.4. The maximum atomic E-state index is 10.0. The molecule has 2 N–H and O–H groups in total. The van der Waals surface area contributed by atoms with Gasteiger partial charge in [-0.05, 0) is 24.0 Å². The lowest BCUT2D eigenvalue weighted by molar-refractivity contribution is 0.155. The molecule has 1 heterocycles. The first-order valence-corrected chi connectivity index (χ1v) is 8.26. The molecule has 4 rings (SSSR count). The van der Waals surface area contributed by atoms with Gasteiger partial charge in [0.15, 0.2) is 5.76 Å². The molecule has 2 aromatic carbocycles. The van der Waals surface area contributed by atoms with Crippen LogP contribution in [0.15, 0.2) is 65.2 Å². The van der Waals surface area contributed by atoms with Gasteiger partial charge in [0.1, 0.15) is 5.69 Å². The third kappa shape index (κ3) is 2.64. The van der Waals surface area contributed by atoms with Gasteiger partial charge in [-0.2, -0.15) is 0 Å². The molecule has 1 unspecified atom stereocenters. The van der Waals surface area contributed by atoms with Gasteiger partial charge < -0.3 is 9.63 Å². The first-order valence-electron chi connectivity index (χ1n) is 8.26. The molecule has 4 nitrogen and oxygen atoms in total. The zero-order chi connectivity index (χ0) is 16.4. The van der Waals surface area contributed by atoms with Crippen molar-refractivity contribution in [1.82, 2.24) is 10.5 Å².